The molecule has 1 aromatic carbocycles. The number of benzene rings is 1. The van der Waals surface area contributed by atoms with Crippen LogP contribution < -0.4 is 15.6 Å². The number of nitrogens with zero attached hydrogens (tertiary/aromatic N) is 3. The van der Waals surface area contributed by atoms with Gasteiger partial charge in [0.1, 0.15) is 17.3 Å². The van der Waals surface area contributed by atoms with Crippen molar-refractivity contribution in [3.8, 4) is 22.3 Å². The number of carbonyl (C=O) groups excluding carboxylic acids is 1. The van der Waals surface area contributed by atoms with Crippen molar-refractivity contribution in [3.05, 3.63) is 75.0 Å². The normalized spacial score (nSPS) is 10.8. The van der Waals surface area contributed by atoms with Gasteiger partial charge in [-0.2, -0.15) is 9.78 Å². The number of halogens is 1. The topological polar surface area (TPSA) is 102 Å². The zero-order chi connectivity index (χ0) is 22.5. The van der Waals surface area contributed by atoms with Gasteiger partial charge in [-0.15, -0.1) is 11.3 Å². The van der Waals surface area contributed by atoms with E-state index in [0.717, 1.165) is 11.3 Å². The molecule has 0 saturated heterocycles. The quantitative estimate of drug-likeness (QED) is 0.400. The van der Waals surface area contributed by atoms with E-state index in [1.54, 1.807) is 30.3 Å². The molecule has 0 atom stereocenters. The number of hydrogen-bond donors (Lipinski definition) is 2. The Morgan fingerprint density at radius 2 is 2.06 bits per heavy atom. The molecular formula is C22H20ClN5O3S. The SMILES string of the molecule is CCCc1cc(=O)[nH]c(-n2nc(-c3cccs3)cc2NC(=O)COc2ccc(Cl)cc2)n1. The van der Waals surface area contributed by atoms with E-state index in [4.69, 9.17) is 16.3 Å². The first-order valence-corrected chi connectivity index (χ1v) is 11.2. The highest BCUT2D eigenvalue weighted by molar-refractivity contribution is 7.13. The molecule has 8 nitrogen and oxygen atoms in total. The molecular weight excluding hydrogens is 450 g/mol. The summed E-state index contributed by atoms with van der Waals surface area (Å²) < 4.78 is 6.94. The Balaban J connectivity index is 1.61. The van der Waals surface area contributed by atoms with Crippen LogP contribution in [0.25, 0.3) is 16.5 Å². The van der Waals surface area contributed by atoms with Crippen molar-refractivity contribution >= 4 is 34.7 Å². The molecule has 0 unspecified atom stereocenters. The molecule has 10 heteroatoms. The van der Waals surface area contributed by atoms with Gasteiger partial charge in [-0.1, -0.05) is 31.0 Å². The van der Waals surface area contributed by atoms with Crippen molar-refractivity contribution in [2.75, 3.05) is 11.9 Å². The lowest BCUT2D eigenvalue weighted by atomic mass is 10.2. The lowest BCUT2D eigenvalue weighted by molar-refractivity contribution is -0.118. The van der Waals surface area contributed by atoms with Gasteiger partial charge in [-0.25, -0.2) is 4.98 Å². The monoisotopic (exact) mass is 469 g/mol. The van der Waals surface area contributed by atoms with Crippen molar-refractivity contribution in [3.63, 3.8) is 0 Å². The smallest absolute Gasteiger partial charge is 0.263 e. The van der Waals surface area contributed by atoms with E-state index < -0.39 is 0 Å². The van der Waals surface area contributed by atoms with Crippen LogP contribution in [-0.4, -0.2) is 32.3 Å². The average Bonchev–Trinajstić information content (AvgIpc) is 3.43. The molecule has 3 aromatic heterocycles. The molecule has 0 bridgehead atoms. The van der Waals surface area contributed by atoms with Crippen LogP contribution in [0.15, 0.2) is 58.7 Å². The van der Waals surface area contributed by atoms with E-state index >= 15 is 0 Å². The fraction of sp³-hybridized carbons (Fsp3) is 0.182. The van der Waals surface area contributed by atoms with Crippen molar-refractivity contribution in [2.45, 2.75) is 19.8 Å². The summed E-state index contributed by atoms with van der Waals surface area (Å²) in [5.74, 6) is 0.745. The zero-order valence-corrected chi connectivity index (χ0v) is 18.7. The minimum atomic E-state index is -0.383. The van der Waals surface area contributed by atoms with Crippen LogP contribution in [-0.2, 0) is 11.2 Å². The molecule has 32 heavy (non-hydrogen) atoms. The minimum Gasteiger partial charge on any atom is -0.484 e. The number of ether oxygens (including phenoxy) is 1. The molecule has 164 valence electrons. The third kappa shape index (κ3) is 5.24. The van der Waals surface area contributed by atoms with Crippen LogP contribution in [0.4, 0.5) is 5.82 Å². The third-order valence-electron chi connectivity index (χ3n) is 4.42. The van der Waals surface area contributed by atoms with Gasteiger partial charge in [0.15, 0.2) is 6.61 Å². The van der Waals surface area contributed by atoms with Crippen molar-refractivity contribution in [2.24, 2.45) is 0 Å². The molecule has 4 rings (SSSR count). The average molecular weight is 470 g/mol. The summed E-state index contributed by atoms with van der Waals surface area (Å²) in [6, 6.07) is 13.8. The maximum Gasteiger partial charge on any atom is 0.263 e. The Bertz CT molecular complexity index is 1270. The Hall–Kier alpha value is -3.43. The Kier molecular flexibility index (Phi) is 6.67. The molecule has 0 saturated carbocycles. The Morgan fingerprint density at radius 3 is 2.78 bits per heavy atom. The summed E-state index contributed by atoms with van der Waals surface area (Å²) in [5, 5.41) is 9.89. The number of aryl methyl sites for hydroxylation is 1. The summed E-state index contributed by atoms with van der Waals surface area (Å²) in [5.41, 5.74) is 1.02. The van der Waals surface area contributed by atoms with E-state index in [2.05, 4.69) is 20.4 Å². The lowest BCUT2D eigenvalue weighted by Gasteiger charge is -2.10. The highest BCUT2D eigenvalue weighted by Gasteiger charge is 2.17. The summed E-state index contributed by atoms with van der Waals surface area (Å²) in [7, 11) is 0. The van der Waals surface area contributed by atoms with Gasteiger partial charge in [0, 0.05) is 22.8 Å². The summed E-state index contributed by atoms with van der Waals surface area (Å²) in [6.07, 6.45) is 1.51. The van der Waals surface area contributed by atoms with Crippen LogP contribution in [0.5, 0.6) is 5.75 Å². The predicted molar refractivity (Wildman–Crippen MR) is 125 cm³/mol. The van der Waals surface area contributed by atoms with Gasteiger partial charge in [-0.3, -0.25) is 14.6 Å². The van der Waals surface area contributed by atoms with Gasteiger partial charge in [0.2, 0.25) is 5.95 Å². The van der Waals surface area contributed by atoms with Gasteiger partial charge >= 0.3 is 0 Å². The van der Waals surface area contributed by atoms with Gasteiger partial charge in [0.05, 0.1) is 4.88 Å². The number of rotatable bonds is 8. The van der Waals surface area contributed by atoms with Crippen LogP contribution in [0.1, 0.15) is 19.0 Å². The number of anilines is 1. The predicted octanol–water partition coefficient (Wildman–Crippen LogP) is 4.31. The molecule has 0 spiro atoms. The second-order valence-electron chi connectivity index (χ2n) is 6.91. The number of amides is 1. The first-order chi connectivity index (χ1) is 15.5. The summed E-state index contributed by atoms with van der Waals surface area (Å²) in [4.78, 5) is 32.9. The number of aromatic nitrogens is 4. The summed E-state index contributed by atoms with van der Waals surface area (Å²) in [6.45, 7) is 1.80. The fourth-order valence-electron chi connectivity index (χ4n) is 3.01. The van der Waals surface area contributed by atoms with Crippen LogP contribution in [0, 0.1) is 0 Å². The molecule has 0 aliphatic rings. The number of aromatic amines is 1. The van der Waals surface area contributed by atoms with Gasteiger partial charge < -0.3 is 10.1 Å². The Morgan fingerprint density at radius 1 is 1.25 bits per heavy atom. The number of nitrogens with one attached hydrogen (secondary N) is 2. The summed E-state index contributed by atoms with van der Waals surface area (Å²) >= 11 is 7.39. The van der Waals surface area contributed by atoms with Crippen LogP contribution in [0.3, 0.4) is 0 Å². The molecule has 0 aliphatic carbocycles. The zero-order valence-electron chi connectivity index (χ0n) is 17.2. The van der Waals surface area contributed by atoms with E-state index in [9.17, 15) is 9.59 Å². The van der Waals surface area contributed by atoms with E-state index in [1.807, 2.05) is 24.4 Å². The largest absolute Gasteiger partial charge is 0.484 e. The highest BCUT2D eigenvalue weighted by Crippen LogP contribution is 2.27. The number of hydrogen-bond acceptors (Lipinski definition) is 6. The molecule has 3 heterocycles. The third-order valence-corrected chi connectivity index (χ3v) is 5.57. The fourth-order valence-corrected chi connectivity index (χ4v) is 3.82. The molecule has 0 aliphatic heterocycles. The minimum absolute atomic E-state index is 0.207. The van der Waals surface area contributed by atoms with Crippen molar-refractivity contribution in [1.82, 2.24) is 19.7 Å². The second kappa shape index (κ2) is 9.80. The maximum atomic E-state index is 12.6. The first kappa shape index (κ1) is 21.8. The lowest BCUT2D eigenvalue weighted by Crippen LogP contribution is -2.23. The highest BCUT2D eigenvalue weighted by atomic mass is 35.5. The Labute approximate surface area is 192 Å². The van der Waals surface area contributed by atoms with E-state index in [-0.39, 0.29) is 24.0 Å². The molecule has 1 amide bonds. The van der Waals surface area contributed by atoms with Crippen LogP contribution in [0.2, 0.25) is 5.02 Å². The van der Waals surface area contributed by atoms with Gasteiger partial charge in [0.25, 0.3) is 11.5 Å². The van der Waals surface area contributed by atoms with Gasteiger partial charge in [-0.05, 0) is 42.1 Å². The van der Waals surface area contributed by atoms with Crippen molar-refractivity contribution < 1.29 is 9.53 Å². The van der Waals surface area contributed by atoms with Crippen molar-refractivity contribution in [1.29, 1.82) is 0 Å². The molecule has 2 N–H and O–H groups in total. The molecule has 0 fully saturated rings. The molecule has 0 radical (unpaired) electrons. The standard InChI is InChI=1S/C22H20ClN5O3S/c1-2-4-15-11-20(29)26-22(24-15)28-19(12-17(27-28)18-5-3-10-32-18)25-21(30)13-31-16-8-6-14(23)7-9-16/h3,5-12H,2,4,13H2,1H3,(H,25,30)(H,24,26,29). The maximum absolute atomic E-state index is 12.6. The van der Waals surface area contributed by atoms with Crippen LogP contribution >= 0.6 is 22.9 Å². The first-order valence-electron chi connectivity index (χ1n) is 9.94. The van der Waals surface area contributed by atoms with E-state index in [1.165, 1.54) is 22.1 Å². The number of H-pyrrole nitrogens is 1. The molecule has 4 aromatic rings. The number of carbonyl (C=O) groups is 1. The second-order valence-corrected chi connectivity index (χ2v) is 8.29. The number of thiophene rings is 1. The van der Waals surface area contributed by atoms with E-state index in [0.29, 0.717) is 34.4 Å².